The van der Waals surface area contributed by atoms with Crippen LogP contribution in [0.3, 0.4) is 0 Å². The molecule has 0 aliphatic heterocycles. The van der Waals surface area contributed by atoms with Gasteiger partial charge in [-0.25, -0.2) is 4.98 Å². The summed E-state index contributed by atoms with van der Waals surface area (Å²) in [6, 6.07) is 6.01. The van der Waals surface area contributed by atoms with Gasteiger partial charge in [0.2, 0.25) is 0 Å². The Morgan fingerprint density at radius 3 is 2.86 bits per heavy atom. The fourth-order valence-corrected chi connectivity index (χ4v) is 2.63. The van der Waals surface area contributed by atoms with Crippen molar-refractivity contribution in [2.45, 2.75) is 45.6 Å². The van der Waals surface area contributed by atoms with Crippen LogP contribution in [0.1, 0.15) is 44.9 Å². The van der Waals surface area contributed by atoms with Crippen molar-refractivity contribution in [1.29, 1.82) is 0 Å². The van der Waals surface area contributed by atoms with Crippen molar-refractivity contribution in [2.75, 3.05) is 18.9 Å². The molecule has 1 aliphatic carbocycles. The van der Waals surface area contributed by atoms with Gasteiger partial charge in [0.25, 0.3) is 0 Å². The Bertz CT molecular complexity index is 614. The van der Waals surface area contributed by atoms with Gasteiger partial charge in [-0.3, -0.25) is 0 Å². The molecule has 21 heavy (non-hydrogen) atoms. The first-order chi connectivity index (χ1) is 10.1. The second-order valence-corrected chi connectivity index (χ2v) is 6.44. The number of nitrogen functional groups attached to an aromatic ring is 1. The molecule has 0 bridgehead atoms. The fourth-order valence-electron chi connectivity index (χ4n) is 2.63. The molecule has 114 valence electrons. The minimum Gasteiger partial charge on any atom is -0.399 e. The molecule has 1 aromatic carbocycles. The minimum atomic E-state index is 0.634. The van der Waals surface area contributed by atoms with E-state index in [4.69, 9.17) is 15.5 Å². The first-order valence-electron chi connectivity index (χ1n) is 7.98. The maximum Gasteiger partial charge on any atom is 0.113 e. The normalized spacial score (nSPS) is 15.2. The lowest BCUT2D eigenvalue weighted by atomic mass is 10.1. The molecule has 0 atom stereocenters. The van der Waals surface area contributed by atoms with Gasteiger partial charge in [-0.1, -0.05) is 13.8 Å². The van der Waals surface area contributed by atoms with E-state index in [9.17, 15) is 0 Å². The summed E-state index contributed by atoms with van der Waals surface area (Å²) < 4.78 is 8.09. The van der Waals surface area contributed by atoms with Crippen molar-refractivity contribution in [3.8, 4) is 0 Å². The Hall–Kier alpha value is -1.55. The number of fused-ring (bicyclic) bond motifs is 1. The predicted molar refractivity (Wildman–Crippen MR) is 86.4 cm³/mol. The molecule has 0 amide bonds. The zero-order chi connectivity index (χ0) is 14.8. The summed E-state index contributed by atoms with van der Waals surface area (Å²) >= 11 is 0. The minimum absolute atomic E-state index is 0.634. The summed E-state index contributed by atoms with van der Waals surface area (Å²) in [6.45, 7) is 6.92. The van der Waals surface area contributed by atoms with E-state index in [0.717, 1.165) is 37.4 Å². The number of nitrogens with zero attached hydrogens (tertiary/aromatic N) is 2. The summed E-state index contributed by atoms with van der Waals surface area (Å²) in [5.41, 5.74) is 8.84. The molecule has 0 saturated heterocycles. The largest absolute Gasteiger partial charge is 0.399 e. The van der Waals surface area contributed by atoms with Gasteiger partial charge in [0.1, 0.15) is 5.82 Å². The highest BCUT2D eigenvalue weighted by Gasteiger charge is 2.29. The van der Waals surface area contributed by atoms with Gasteiger partial charge in [-0.15, -0.1) is 0 Å². The summed E-state index contributed by atoms with van der Waals surface area (Å²) in [4.78, 5) is 4.79. The number of imidazole rings is 1. The number of hydrogen-bond donors (Lipinski definition) is 1. The van der Waals surface area contributed by atoms with Crippen LogP contribution in [0.5, 0.6) is 0 Å². The standard InChI is InChI=1S/C17H25N3O/c1-12(2)7-9-21-10-8-20-16-6-5-14(18)11-15(16)19-17(20)13-3-4-13/h5-6,11-13H,3-4,7-10,18H2,1-2H3. The summed E-state index contributed by atoms with van der Waals surface area (Å²) in [5.74, 6) is 2.54. The van der Waals surface area contributed by atoms with Crippen LogP contribution in [0.15, 0.2) is 18.2 Å². The van der Waals surface area contributed by atoms with E-state index in [2.05, 4.69) is 24.5 Å². The Morgan fingerprint density at radius 1 is 1.33 bits per heavy atom. The molecule has 1 saturated carbocycles. The lowest BCUT2D eigenvalue weighted by molar-refractivity contribution is 0.116. The van der Waals surface area contributed by atoms with Crippen molar-refractivity contribution in [1.82, 2.24) is 9.55 Å². The molecule has 0 radical (unpaired) electrons. The number of ether oxygens (including phenoxy) is 1. The van der Waals surface area contributed by atoms with Gasteiger partial charge in [-0.05, 0) is 43.4 Å². The molecule has 2 N–H and O–H groups in total. The Labute approximate surface area is 126 Å². The van der Waals surface area contributed by atoms with Gasteiger partial charge in [0, 0.05) is 24.8 Å². The second-order valence-electron chi connectivity index (χ2n) is 6.44. The van der Waals surface area contributed by atoms with Crippen LogP contribution in [0.4, 0.5) is 5.69 Å². The molecular formula is C17H25N3O. The SMILES string of the molecule is CC(C)CCOCCn1c(C2CC2)nc2cc(N)ccc21. The number of rotatable bonds is 7. The lowest BCUT2D eigenvalue weighted by Crippen LogP contribution is -2.10. The quantitative estimate of drug-likeness (QED) is 0.626. The third-order valence-electron chi connectivity index (χ3n) is 4.04. The van der Waals surface area contributed by atoms with Crippen molar-refractivity contribution in [2.24, 2.45) is 5.92 Å². The first kappa shape index (κ1) is 14.4. The molecule has 4 heteroatoms. The monoisotopic (exact) mass is 287 g/mol. The molecule has 1 heterocycles. The predicted octanol–water partition coefficient (Wildman–Crippen LogP) is 3.56. The number of aromatic nitrogens is 2. The molecule has 1 fully saturated rings. The van der Waals surface area contributed by atoms with E-state index in [-0.39, 0.29) is 0 Å². The van der Waals surface area contributed by atoms with Crippen LogP contribution in [0, 0.1) is 5.92 Å². The van der Waals surface area contributed by atoms with Gasteiger partial charge in [0.15, 0.2) is 0 Å². The van der Waals surface area contributed by atoms with E-state index in [1.807, 2.05) is 12.1 Å². The van der Waals surface area contributed by atoms with Gasteiger partial charge in [-0.2, -0.15) is 0 Å². The Kier molecular flexibility index (Phi) is 4.15. The summed E-state index contributed by atoms with van der Waals surface area (Å²) in [5, 5.41) is 0. The van der Waals surface area contributed by atoms with Crippen LogP contribution in [0.25, 0.3) is 11.0 Å². The third-order valence-corrected chi connectivity index (χ3v) is 4.04. The van der Waals surface area contributed by atoms with E-state index >= 15 is 0 Å². The van der Waals surface area contributed by atoms with Gasteiger partial charge in [0.05, 0.1) is 17.6 Å². The van der Waals surface area contributed by atoms with Crippen molar-refractivity contribution in [3.05, 3.63) is 24.0 Å². The van der Waals surface area contributed by atoms with Gasteiger partial charge >= 0.3 is 0 Å². The smallest absolute Gasteiger partial charge is 0.113 e. The molecule has 0 unspecified atom stereocenters. The van der Waals surface area contributed by atoms with Crippen LogP contribution in [-0.4, -0.2) is 22.8 Å². The highest BCUT2D eigenvalue weighted by atomic mass is 16.5. The van der Waals surface area contributed by atoms with Crippen LogP contribution < -0.4 is 5.73 Å². The fraction of sp³-hybridized carbons (Fsp3) is 0.588. The van der Waals surface area contributed by atoms with Crippen LogP contribution >= 0.6 is 0 Å². The highest BCUT2D eigenvalue weighted by molar-refractivity contribution is 5.79. The molecule has 4 nitrogen and oxygen atoms in total. The van der Waals surface area contributed by atoms with E-state index in [1.165, 1.54) is 24.2 Å². The van der Waals surface area contributed by atoms with Crippen LogP contribution in [0.2, 0.25) is 0 Å². The third kappa shape index (κ3) is 3.38. The van der Waals surface area contributed by atoms with Gasteiger partial charge < -0.3 is 15.0 Å². The molecule has 0 spiro atoms. The molecule has 1 aromatic heterocycles. The molecule has 3 rings (SSSR count). The topological polar surface area (TPSA) is 53.1 Å². The maximum absolute atomic E-state index is 5.87. The zero-order valence-corrected chi connectivity index (χ0v) is 13.0. The number of nitrogens with two attached hydrogens (primary N) is 1. The number of hydrogen-bond acceptors (Lipinski definition) is 3. The Morgan fingerprint density at radius 2 is 2.14 bits per heavy atom. The first-order valence-corrected chi connectivity index (χ1v) is 7.98. The molecular weight excluding hydrogens is 262 g/mol. The van der Waals surface area contributed by atoms with Crippen molar-refractivity contribution in [3.63, 3.8) is 0 Å². The van der Waals surface area contributed by atoms with Crippen LogP contribution in [-0.2, 0) is 11.3 Å². The summed E-state index contributed by atoms with van der Waals surface area (Å²) in [6.07, 6.45) is 3.64. The van der Waals surface area contributed by atoms with E-state index in [1.54, 1.807) is 0 Å². The average molecular weight is 287 g/mol. The maximum atomic E-state index is 5.87. The lowest BCUT2D eigenvalue weighted by Gasteiger charge is -2.10. The second kappa shape index (κ2) is 6.06. The highest BCUT2D eigenvalue weighted by Crippen LogP contribution is 2.40. The summed E-state index contributed by atoms with van der Waals surface area (Å²) in [7, 11) is 0. The molecule has 2 aromatic rings. The zero-order valence-electron chi connectivity index (χ0n) is 13.0. The average Bonchev–Trinajstić information content (AvgIpc) is 3.21. The van der Waals surface area contributed by atoms with Crippen molar-refractivity contribution < 1.29 is 4.74 Å². The van der Waals surface area contributed by atoms with E-state index < -0.39 is 0 Å². The van der Waals surface area contributed by atoms with Crippen molar-refractivity contribution >= 4 is 16.7 Å². The van der Waals surface area contributed by atoms with E-state index in [0.29, 0.717) is 11.8 Å². The Balaban J connectivity index is 1.72. The molecule has 1 aliphatic rings. The number of anilines is 1. The number of benzene rings is 1.